The molecule has 2 aromatic rings. The zero-order valence-corrected chi connectivity index (χ0v) is 20.1. The van der Waals surface area contributed by atoms with Gasteiger partial charge >= 0.3 is 0 Å². The van der Waals surface area contributed by atoms with Crippen LogP contribution in [0.3, 0.4) is 0 Å². The lowest BCUT2D eigenvalue weighted by molar-refractivity contribution is -0.139. The van der Waals surface area contributed by atoms with Crippen LogP contribution in [0.5, 0.6) is 0 Å². The van der Waals surface area contributed by atoms with E-state index in [1.807, 2.05) is 6.92 Å². The van der Waals surface area contributed by atoms with Gasteiger partial charge in [0, 0.05) is 32.6 Å². The van der Waals surface area contributed by atoms with Gasteiger partial charge in [0.2, 0.25) is 21.1 Å². The maximum Gasteiger partial charge on any atom is 0.261 e. The monoisotopic (exact) mass is 509 g/mol. The van der Waals surface area contributed by atoms with E-state index in [4.69, 9.17) is 11.6 Å². The van der Waals surface area contributed by atoms with Crippen molar-refractivity contribution in [1.29, 1.82) is 0 Å². The molecule has 8 nitrogen and oxygen atoms in total. The number of nitrogens with one attached hydrogen (secondary N) is 1. The second-order valence-electron chi connectivity index (χ2n) is 7.79. The predicted molar refractivity (Wildman–Crippen MR) is 124 cm³/mol. The van der Waals surface area contributed by atoms with Gasteiger partial charge in [-0.3, -0.25) is 14.4 Å². The summed E-state index contributed by atoms with van der Waals surface area (Å²) >= 11 is 6.07. The van der Waals surface area contributed by atoms with Crippen molar-refractivity contribution in [2.75, 3.05) is 26.2 Å². The molecule has 1 saturated heterocycles. The van der Waals surface area contributed by atoms with Gasteiger partial charge in [-0.1, -0.05) is 30.7 Å². The number of benzene rings is 2. The first-order chi connectivity index (χ1) is 16.1. The zero-order chi connectivity index (χ0) is 24.9. The first-order valence-corrected chi connectivity index (χ1v) is 12.7. The molecule has 1 atom stereocenters. The lowest BCUT2D eigenvalue weighted by Crippen LogP contribution is -2.57. The van der Waals surface area contributed by atoms with Crippen LogP contribution in [0.15, 0.2) is 53.4 Å². The van der Waals surface area contributed by atoms with E-state index in [1.165, 1.54) is 17.0 Å². The summed E-state index contributed by atoms with van der Waals surface area (Å²) in [5.41, 5.74) is 0.00579. The summed E-state index contributed by atoms with van der Waals surface area (Å²) < 4.78 is 40.1. The Labute approximate surface area is 202 Å². The third-order valence-electron chi connectivity index (χ3n) is 5.47. The maximum atomic E-state index is 13.4. The summed E-state index contributed by atoms with van der Waals surface area (Å²) in [6.45, 7) is 2.64. The molecule has 1 aliphatic rings. The van der Waals surface area contributed by atoms with Crippen LogP contribution in [0, 0.1) is 5.82 Å². The fourth-order valence-electron chi connectivity index (χ4n) is 3.59. The average Bonchev–Trinajstić information content (AvgIpc) is 2.82. The molecule has 1 fully saturated rings. The Kier molecular flexibility index (Phi) is 8.27. The van der Waals surface area contributed by atoms with E-state index < -0.39 is 32.8 Å². The number of piperazine rings is 1. The van der Waals surface area contributed by atoms with Crippen molar-refractivity contribution in [1.82, 2.24) is 15.1 Å². The van der Waals surface area contributed by atoms with Gasteiger partial charge in [0.15, 0.2) is 0 Å². The number of carbonyl (C=O) groups excluding carboxylic acids is 3. The molecule has 0 aliphatic carbocycles. The van der Waals surface area contributed by atoms with Crippen LogP contribution in [0.4, 0.5) is 4.39 Å². The smallest absolute Gasteiger partial charge is 0.261 e. The first kappa shape index (κ1) is 25.6. The second kappa shape index (κ2) is 11.0. The fraction of sp³-hybridized carbons (Fsp3) is 0.348. The highest BCUT2D eigenvalue weighted by Crippen LogP contribution is 2.20. The van der Waals surface area contributed by atoms with Crippen LogP contribution >= 0.6 is 11.6 Å². The number of carbonyl (C=O) groups is 3. The van der Waals surface area contributed by atoms with Gasteiger partial charge in [-0.25, -0.2) is 12.8 Å². The topological polar surface area (TPSA) is 104 Å². The van der Waals surface area contributed by atoms with Gasteiger partial charge in [-0.2, -0.15) is 0 Å². The maximum absolute atomic E-state index is 13.4. The van der Waals surface area contributed by atoms with E-state index in [1.54, 1.807) is 17.0 Å². The standard InChI is InChI=1S/C23H25ClFN3O5S/c1-2-5-20(29)27-12-14-28(15-13-27)23(31)22(26-21(30)18-6-3-4-7-19(18)24)34(32,33)17-10-8-16(25)9-11-17/h3-4,6-11,22H,2,5,12-15H2,1H3,(H,26,30)/t22-/m1/s1. The van der Waals surface area contributed by atoms with Crippen molar-refractivity contribution < 1.29 is 27.2 Å². The number of sulfone groups is 1. The lowest BCUT2D eigenvalue weighted by atomic mass is 10.2. The minimum atomic E-state index is -4.43. The molecule has 1 aliphatic heterocycles. The molecular weight excluding hydrogens is 485 g/mol. The summed E-state index contributed by atoms with van der Waals surface area (Å²) in [7, 11) is -4.43. The highest BCUT2D eigenvalue weighted by Gasteiger charge is 2.39. The number of amides is 3. The van der Waals surface area contributed by atoms with Crippen molar-refractivity contribution in [2.24, 2.45) is 0 Å². The first-order valence-electron chi connectivity index (χ1n) is 10.8. The molecule has 3 rings (SSSR count). The normalized spacial score (nSPS) is 15.0. The minimum Gasteiger partial charge on any atom is -0.339 e. The highest BCUT2D eigenvalue weighted by atomic mass is 35.5. The van der Waals surface area contributed by atoms with Crippen LogP contribution in [-0.2, 0) is 19.4 Å². The van der Waals surface area contributed by atoms with Crippen molar-refractivity contribution >= 4 is 39.2 Å². The molecule has 34 heavy (non-hydrogen) atoms. The molecule has 2 aromatic carbocycles. The SMILES string of the molecule is CCCC(=O)N1CCN(C(=O)[C@H](NC(=O)c2ccccc2Cl)S(=O)(=O)c2ccc(F)cc2)CC1. The third kappa shape index (κ3) is 5.74. The van der Waals surface area contributed by atoms with E-state index in [0.29, 0.717) is 12.8 Å². The Morgan fingerprint density at radius 2 is 1.59 bits per heavy atom. The fourth-order valence-corrected chi connectivity index (χ4v) is 5.27. The Balaban J connectivity index is 1.88. The third-order valence-corrected chi connectivity index (χ3v) is 7.66. The van der Waals surface area contributed by atoms with E-state index in [0.717, 1.165) is 24.3 Å². The van der Waals surface area contributed by atoms with Gasteiger partial charge in [0.05, 0.1) is 15.5 Å². The van der Waals surface area contributed by atoms with Crippen molar-refractivity contribution in [3.05, 3.63) is 64.9 Å². The molecule has 1 heterocycles. The van der Waals surface area contributed by atoms with E-state index in [2.05, 4.69) is 5.32 Å². The van der Waals surface area contributed by atoms with E-state index >= 15 is 0 Å². The summed E-state index contributed by atoms with van der Waals surface area (Å²) in [5, 5.41) is 0.434. The van der Waals surface area contributed by atoms with Crippen LogP contribution in [-0.4, -0.2) is 67.5 Å². The molecule has 1 N–H and O–H groups in total. The van der Waals surface area contributed by atoms with Crippen LogP contribution in [0.1, 0.15) is 30.1 Å². The Morgan fingerprint density at radius 1 is 1.00 bits per heavy atom. The molecule has 11 heteroatoms. The van der Waals surface area contributed by atoms with Crippen molar-refractivity contribution in [3.8, 4) is 0 Å². The summed E-state index contributed by atoms with van der Waals surface area (Å²) in [5.74, 6) is -2.36. The predicted octanol–water partition coefficient (Wildman–Crippen LogP) is 2.48. The number of nitrogens with zero attached hydrogens (tertiary/aromatic N) is 2. The molecule has 3 amide bonds. The number of rotatable bonds is 7. The average molecular weight is 510 g/mol. The molecular formula is C23H25ClFN3O5S. The molecule has 0 aromatic heterocycles. The van der Waals surface area contributed by atoms with Gasteiger partial charge in [0.25, 0.3) is 11.8 Å². The van der Waals surface area contributed by atoms with Crippen molar-refractivity contribution in [2.45, 2.75) is 30.0 Å². The quantitative estimate of drug-likeness (QED) is 0.577. The molecule has 0 unspecified atom stereocenters. The Bertz CT molecular complexity index is 1170. The molecule has 0 saturated carbocycles. The Morgan fingerprint density at radius 3 is 2.18 bits per heavy atom. The van der Waals surface area contributed by atoms with Crippen LogP contribution in [0.2, 0.25) is 5.02 Å². The lowest BCUT2D eigenvalue weighted by Gasteiger charge is -2.36. The summed E-state index contributed by atoms with van der Waals surface area (Å²) in [6, 6.07) is 10.0. The molecule has 0 spiro atoms. The summed E-state index contributed by atoms with van der Waals surface area (Å²) in [4.78, 5) is 41.0. The zero-order valence-electron chi connectivity index (χ0n) is 18.5. The number of hydrogen-bond donors (Lipinski definition) is 1. The van der Waals surface area contributed by atoms with Gasteiger partial charge < -0.3 is 15.1 Å². The van der Waals surface area contributed by atoms with E-state index in [-0.39, 0.29) is 47.6 Å². The largest absolute Gasteiger partial charge is 0.339 e. The van der Waals surface area contributed by atoms with Gasteiger partial charge in [0.1, 0.15) is 5.82 Å². The number of hydrogen-bond acceptors (Lipinski definition) is 5. The minimum absolute atomic E-state index is 0.00579. The Hall–Kier alpha value is -2.98. The highest BCUT2D eigenvalue weighted by molar-refractivity contribution is 7.92. The van der Waals surface area contributed by atoms with Gasteiger partial charge in [-0.05, 0) is 42.8 Å². The van der Waals surface area contributed by atoms with Crippen LogP contribution < -0.4 is 5.32 Å². The molecule has 182 valence electrons. The van der Waals surface area contributed by atoms with Gasteiger partial charge in [-0.15, -0.1) is 0 Å². The second-order valence-corrected chi connectivity index (χ2v) is 10.2. The van der Waals surface area contributed by atoms with Crippen LogP contribution in [0.25, 0.3) is 0 Å². The molecule has 0 bridgehead atoms. The molecule has 0 radical (unpaired) electrons. The van der Waals surface area contributed by atoms with E-state index in [9.17, 15) is 27.2 Å². The number of halogens is 2. The van der Waals surface area contributed by atoms with Crippen molar-refractivity contribution in [3.63, 3.8) is 0 Å². The summed E-state index contributed by atoms with van der Waals surface area (Å²) in [6.07, 6.45) is 1.09.